The molecule has 0 spiro atoms. The van der Waals surface area contributed by atoms with Crippen LogP contribution in [0, 0.1) is 11.7 Å². The standard InChI is InChI=1S/C11H20N4S/c1-9(14-6-4-3-5-7-14)8-15-10(2)12-13-11(15)16/h9H,3-8H2,1-2H3,(H,13,16). The molecular formula is C11H20N4S. The van der Waals surface area contributed by atoms with Crippen LogP contribution in [-0.2, 0) is 6.54 Å². The first kappa shape index (κ1) is 11.8. The van der Waals surface area contributed by atoms with Crippen LogP contribution in [-0.4, -0.2) is 38.8 Å². The van der Waals surface area contributed by atoms with Gasteiger partial charge in [0, 0.05) is 12.6 Å². The van der Waals surface area contributed by atoms with Crippen molar-refractivity contribution in [1.82, 2.24) is 19.7 Å². The third kappa shape index (κ3) is 2.52. The maximum atomic E-state index is 5.22. The van der Waals surface area contributed by atoms with E-state index >= 15 is 0 Å². The minimum Gasteiger partial charge on any atom is -0.303 e. The molecule has 1 aromatic rings. The van der Waals surface area contributed by atoms with Crippen molar-refractivity contribution in [2.24, 2.45) is 0 Å². The minimum absolute atomic E-state index is 0.545. The summed E-state index contributed by atoms with van der Waals surface area (Å²) in [4.78, 5) is 2.55. The summed E-state index contributed by atoms with van der Waals surface area (Å²) in [6, 6.07) is 0.545. The van der Waals surface area contributed by atoms with Crippen LogP contribution in [0.3, 0.4) is 0 Å². The first-order valence-electron chi connectivity index (χ1n) is 6.04. The lowest BCUT2D eigenvalue weighted by molar-refractivity contribution is 0.159. The smallest absolute Gasteiger partial charge is 0.195 e. The average Bonchev–Trinajstić information content (AvgIpc) is 2.62. The Bertz CT molecular complexity index is 389. The van der Waals surface area contributed by atoms with Gasteiger partial charge in [-0.3, -0.25) is 10.00 Å². The van der Waals surface area contributed by atoms with Gasteiger partial charge in [-0.05, 0) is 52.0 Å². The van der Waals surface area contributed by atoms with E-state index in [-0.39, 0.29) is 0 Å². The Hall–Kier alpha value is -0.680. The molecule has 0 amide bonds. The molecule has 0 radical (unpaired) electrons. The summed E-state index contributed by atoms with van der Waals surface area (Å²) in [7, 11) is 0. The van der Waals surface area contributed by atoms with Crippen molar-refractivity contribution >= 4 is 12.2 Å². The quantitative estimate of drug-likeness (QED) is 0.822. The van der Waals surface area contributed by atoms with E-state index in [0.717, 1.165) is 17.1 Å². The third-order valence-electron chi connectivity index (χ3n) is 3.41. The number of H-pyrrole nitrogens is 1. The van der Waals surface area contributed by atoms with E-state index in [1.807, 2.05) is 6.92 Å². The van der Waals surface area contributed by atoms with E-state index in [1.165, 1.54) is 32.4 Å². The predicted octanol–water partition coefficient (Wildman–Crippen LogP) is 2.12. The first-order valence-corrected chi connectivity index (χ1v) is 6.45. The van der Waals surface area contributed by atoms with Gasteiger partial charge in [-0.25, -0.2) is 0 Å². The van der Waals surface area contributed by atoms with Crippen molar-refractivity contribution in [3.63, 3.8) is 0 Å². The molecule has 5 heteroatoms. The van der Waals surface area contributed by atoms with Crippen molar-refractivity contribution in [3.8, 4) is 0 Å². The molecule has 1 aliphatic rings. The van der Waals surface area contributed by atoms with Gasteiger partial charge in [0.05, 0.1) is 0 Å². The van der Waals surface area contributed by atoms with Crippen LogP contribution >= 0.6 is 12.2 Å². The Morgan fingerprint density at radius 2 is 2.06 bits per heavy atom. The molecule has 1 N–H and O–H groups in total. The van der Waals surface area contributed by atoms with Gasteiger partial charge in [-0.1, -0.05) is 6.42 Å². The largest absolute Gasteiger partial charge is 0.303 e. The zero-order valence-corrected chi connectivity index (χ0v) is 10.9. The maximum absolute atomic E-state index is 5.22. The lowest BCUT2D eigenvalue weighted by atomic mass is 10.1. The van der Waals surface area contributed by atoms with Gasteiger partial charge in [0.25, 0.3) is 0 Å². The van der Waals surface area contributed by atoms with Crippen LogP contribution in [0.2, 0.25) is 0 Å². The molecule has 90 valence electrons. The highest BCUT2D eigenvalue weighted by atomic mass is 32.1. The first-order chi connectivity index (χ1) is 7.68. The van der Waals surface area contributed by atoms with Crippen LogP contribution in [0.25, 0.3) is 0 Å². The molecular weight excluding hydrogens is 220 g/mol. The fourth-order valence-corrected chi connectivity index (χ4v) is 2.60. The number of hydrogen-bond acceptors (Lipinski definition) is 3. The van der Waals surface area contributed by atoms with E-state index in [4.69, 9.17) is 12.2 Å². The number of aromatic amines is 1. The molecule has 1 aliphatic heterocycles. The van der Waals surface area contributed by atoms with Gasteiger partial charge in [0.2, 0.25) is 0 Å². The number of hydrogen-bond donors (Lipinski definition) is 1. The Kier molecular flexibility index (Phi) is 3.76. The average molecular weight is 240 g/mol. The van der Waals surface area contributed by atoms with Gasteiger partial charge in [0.1, 0.15) is 5.82 Å². The zero-order valence-electron chi connectivity index (χ0n) is 10.1. The van der Waals surface area contributed by atoms with Crippen molar-refractivity contribution in [3.05, 3.63) is 10.6 Å². The summed E-state index contributed by atoms with van der Waals surface area (Å²) < 4.78 is 2.83. The molecule has 0 aromatic carbocycles. The second kappa shape index (κ2) is 5.10. The summed E-state index contributed by atoms with van der Waals surface area (Å²) in [6.07, 6.45) is 4.05. The van der Waals surface area contributed by atoms with Gasteiger partial charge < -0.3 is 4.57 Å². The highest BCUT2D eigenvalue weighted by Crippen LogP contribution is 2.13. The SMILES string of the molecule is Cc1n[nH]c(=S)n1CC(C)N1CCCCC1. The Labute approximate surface area is 102 Å². The van der Waals surface area contributed by atoms with Crippen LogP contribution in [0.4, 0.5) is 0 Å². The van der Waals surface area contributed by atoms with Crippen molar-refractivity contribution in [1.29, 1.82) is 0 Å². The molecule has 1 aromatic heterocycles. The van der Waals surface area contributed by atoms with E-state index in [1.54, 1.807) is 0 Å². The summed E-state index contributed by atoms with van der Waals surface area (Å²) in [5.74, 6) is 0.980. The fraction of sp³-hybridized carbons (Fsp3) is 0.818. The van der Waals surface area contributed by atoms with Crippen molar-refractivity contribution in [2.45, 2.75) is 45.7 Å². The third-order valence-corrected chi connectivity index (χ3v) is 3.72. The normalized spacial score (nSPS) is 19.9. The summed E-state index contributed by atoms with van der Waals surface area (Å²) in [6.45, 7) is 7.67. The zero-order chi connectivity index (χ0) is 11.5. The van der Waals surface area contributed by atoms with Crippen LogP contribution in [0.5, 0.6) is 0 Å². The highest BCUT2D eigenvalue weighted by Gasteiger charge is 2.17. The second-order valence-corrected chi connectivity index (χ2v) is 5.02. The van der Waals surface area contributed by atoms with Gasteiger partial charge in [-0.15, -0.1) is 0 Å². The topological polar surface area (TPSA) is 36.9 Å². The molecule has 0 bridgehead atoms. The fourth-order valence-electron chi connectivity index (χ4n) is 2.35. The molecule has 16 heavy (non-hydrogen) atoms. The van der Waals surface area contributed by atoms with Crippen LogP contribution in [0.15, 0.2) is 0 Å². The summed E-state index contributed by atoms with van der Waals surface area (Å²) in [5.41, 5.74) is 0. The van der Waals surface area contributed by atoms with Gasteiger partial charge >= 0.3 is 0 Å². The Balaban J connectivity index is 2.01. The van der Waals surface area contributed by atoms with Crippen molar-refractivity contribution < 1.29 is 0 Å². The molecule has 1 fully saturated rings. The number of rotatable bonds is 3. The lowest BCUT2D eigenvalue weighted by Crippen LogP contribution is -2.39. The molecule has 2 rings (SSSR count). The van der Waals surface area contributed by atoms with E-state index in [2.05, 4.69) is 26.6 Å². The molecule has 0 aliphatic carbocycles. The number of nitrogens with one attached hydrogen (secondary N) is 1. The molecule has 1 atom stereocenters. The van der Waals surface area contributed by atoms with E-state index in [9.17, 15) is 0 Å². The van der Waals surface area contributed by atoms with Gasteiger partial charge in [0.15, 0.2) is 4.77 Å². The van der Waals surface area contributed by atoms with Crippen LogP contribution < -0.4 is 0 Å². The number of piperidine rings is 1. The molecule has 1 saturated heterocycles. The van der Waals surface area contributed by atoms with Gasteiger partial charge in [-0.2, -0.15) is 5.10 Å². The number of aromatic nitrogens is 3. The number of nitrogens with zero attached hydrogens (tertiary/aromatic N) is 3. The number of likely N-dealkylation sites (tertiary alicyclic amines) is 1. The predicted molar refractivity (Wildman–Crippen MR) is 67.0 cm³/mol. The molecule has 4 nitrogen and oxygen atoms in total. The van der Waals surface area contributed by atoms with E-state index in [0.29, 0.717) is 6.04 Å². The van der Waals surface area contributed by atoms with E-state index < -0.39 is 0 Å². The Morgan fingerprint density at radius 3 is 2.62 bits per heavy atom. The minimum atomic E-state index is 0.545. The highest BCUT2D eigenvalue weighted by molar-refractivity contribution is 7.71. The maximum Gasteiger partial charge on any atom is 0.195 e. The molecule has 0 saturated carbocycles. The van der Waals surface area contributed by atoms with Crippen molar-refractivity contribution in [2.75, 3.05) is 13.1 Å². The van der Waals surface area contributed by atoms with Crippen LogP contribution in [0.1, 0.15) is 32.0 Å². The molecule has 1 unspecified atom stereocenters. The number of aryl methyl sites for hydroxylation is 1. The summed E-state index contributed by atoms with van der Waals surface area (Å²) >= 11 is 5.22. The lowest BCUT2D eigenvalue weighted by Gasteiger charge is -2.32. The monoisotopic (exact) mass is 240 g/mol. The molecule has 2 heterocycles. The summed E-state index contributed by atoms with van der Waals surface area (Å²) in [5, 5.41) is 6.98. The second-order valence-electron chi connectivity index (χ2n) is 4.63. The Morgan fingerprint density at radius 1 is 1.38 bits per heavy atom.